The Labute approximate surface area is 223 Å². The summed E-state index contributed by atoms with van der Waals surface area (Å²) < 4.78 is 14.1. The third kappa shape index (κ3) is 6.73. The average Bonchev–Trinajstić information content (AvgIpc) is 2.76. The number of piperazine rings is 1. The van der Waals surface area contributed by atoms with Gasteiger partial charge in [-0.2, -0.15) is 0 Å². The van der Waals surface area contributed by atoms with Crippen molar-refractivity contribution in [1.82, 2.24) is 4.90 Å². The molecule has 0 aromatic heterocycles. The Morgan fingerprint density at radius 1 is 1.20 bits per heavy atom. The molecule has 0 saturated carbocycles. The number of carbonyl (C=O) groups is 1. The van der Waals surface area contributed by atoms with Crippen molar-refractivity contribution in [3.8, 4) is 5.75 Å². The van der Waals surface area contributed by atoms with Crippen LogP contribution in [0.5, 0.6) is 5.75 Å². The fourth-order valence-electron chi connectivity index (χ4n) is 3.92. The van der Waals surface area contributed by atoms with Gasteiger partial charge in [0.05, 0.1) is 10.2 Å². The predicted octanol–water partition coefficient (Wildman–Crippen LogP) is 7.43. The first kappa shape index (κ1) is 27.8. The number of para-hydroxylation sites is 1. The minimum atomic E-state index is -2.09. The lowest BCUT2D eigenvalue weighted by atomic mass is 10.1. The van der Waals surface area contributed by atoms with Crippen molar-refractivity contribution < 1.29 is 19.1 Å². The van der Waals surface area contributed by atoms with Gasteiger partial charge in [-0.05, 0) is 70.8 Å². The second-order valence-corrected chi connectivity index (χ2v) is 16.6. The van der Waals surface area contributed by atoms with Crippen LogP contribution in [0.2, 0.25) is 23.2 Å². The minimum Gasteiger partial charge on any atom is -0.487 e. The molecule has 9 heteroatoms. The van der Waals surface area contributed by atoms with Crippen LogP contribution < -0.4 is 9.64 Å². The molecular weight excluding hydrogens is 548 g/mol. The maximum Gasteiger partial charge on any atom is 0.407 e. The highest BCUT2D eigenvalue weighted by atomic mass is 79.9. The van der Waals surface area contributed by atoms with Crippen LogP contribution in [0.1, 0.15) is 39.4 Å². The normalized spacial score (nSPS) is 17.9. The lowest BCUT2D eigenvalue weighted by molar-refractivity contribution is 0.114. The van der Waals surface area contributed by atoms with Gasteiger partial charge in [0.2, 0.25) is 0 Å². The molecule has 1 saturated heterocycles. The van der Waals surface area contributed by atoms with Crippen LogP contribution >= 0.6 is 27.5 Å². The zero-order valence-electron chi connectivity index (χ0n) is 21.3. The van der Waals surface area contributed by atoms with E-state index in [9.17, 15) is 9.90 Å². The Kier molecular flexibility index (Phi) is 8.84. The summed E-state index contributed by atoms with van der Waals surface area (Å²) >= 11 is 9.82. The smallest absolute Gasteiger partial charge is 0.407 e. The molecule has 35 heavy (non-hydrogen) atoms. The van der Waals surface area contributed by atoms with E-state index in [1.54, 1.807) is 0 Å². The summed E-state index contributed by atoms with van der Waals surface area (Å²) in [6, 6.07) is 13.6. The molecule has 1 aliphatic rings. The Balaban J connectivity index is 1.86. The van der Waals surface area contributed by atoms with Crippen molar-refractivity contribution in [2.75, 3.05) is 31.1 Å². The molecule has 2 aromatic rings. The molecule has 1 heterocycles. The van der Waals surface area contributed by atoms with E-state index in [1.165, 1.54) is 4.90 Å². The Hall–Kier alpha value is -1.74. The number of rotatable bonds is 7. The highest BCUT2D eigenvalue weighted by Gasteiger charge is 2.40. The zero-order valence-corrected chi connectivity index (χ0v) is 24.7. The first-order valence-electron chi connectivity index (χ1n) is 11.9. The van der Waals surface area contributed by atoms with Crippen LogP contribution in [0.15, 0.2) is 46.9 Å². The first-order valence-corrected chi connectivity index (χ1v) is 16.0. The minimum absolute atomic E-state index is 0.0517. The summed E-state index contributed by atoms with van der Waals surface area (Å²) in [4.78, 5) is 15.2. The number of ether oxygens (including phenoxy) is 1. The molecule has 1 fully saturated rings. The maximum atomic E-state index is 11.5. The number of benzene rings is 2. The summed E-state index contributed by atoms with van der Waals surface area (Å²) in [6.45, 7) is 15.1. The van der Waals surface area contributed by atoms with Gasteiger partial charge in [0, 0.05) is 30.7 Å². The van der Waals surface area contributed by atoms with Crippen molar-refractivity contribution in [1.29, 1.82) is 0 Å². The molecule has 0 bridgehead atoms. The average molecular weight is 584 g/mol. The lowest BCUT2D eigenvalue weighted by Crippen LogP contribution is -2.53. The van der Waals surface area contributed by atoms with E-state index >= 15 is 0 Å². The van der Waals surface area contributed by atoms with Crippen molar-refractivity contribution in [3.05, 3.63) is 57.5 Å². The largest absolute Gasteiger partial charge is 0.487 e. The van der Waals surface area contributed by atoms with Crippen molar-refractivity contribution in [2.45, 2.75) is 58.0 Å². The van der Waals surface area contributed by atoms with Crippen LogP contribution in [0.25, 0.3) is 0 Å². The molecule has 1 unspecified atom stereocenters. The zero-order chi connectivity index (χ0) is 26.0. The van der Waals surface area contributed by atoms with Gasteiger partial charge >= 0.3 is 6.09 Å². The fraction of sp³-hybridized carbons (Fsp3) is 0.500. The SMILES string of the molecule is C[C@H]1CN(c2cccc(Br)c2OCC(O[Si](C)(C)C(C)(C)C)c2ccc(Cl)cc2)CCN1C(=O)O. The highest BCUT2D eigenvalue weighted by Crippen LogP contribution is 2.41. The van der Waals surface area contributed by atoms with Gasteiger partial charge in [-0.25, -0.2) is 4.79 Å². The van der Waals surface area contributed by atoms with Crippen LogP contribution in [0.4, 0.5) is 10.5 Å². The topological polar surface area (TPSA) is 62.2 Å². The van der Waals surface area contributed by atoms with Crippen molar-refractivity contribution in [2.24, 2.45) is 0 Å². The quantitative estimate of drug-likeness (QED) is 0.343. The molecule has 1 aliphatic heterocycles. The van der Waals surface area contributed by atoms with E-state index in [0.29, 0.717) is 31.3 Å². The van der Waals surface area contributed by atoms with E-state index in [1.807, 2.05) is 49.4 Å². The number of hydrogen-bond donors (Lipinski definition) is 1. The van der Waals surface area contributed by atoms with Crippen molar-refractivity contribution >= 4 is 47.6 Å². The summed E-state index contributed by atoms with van der Waals surface area (Å²) in [5, 5.41) is 10.2. The third-order valence-electron chi connectivity index (χ3n) is 7.02. The molecule has 192 valence electrons. The summed E-state index contributed by atoms with van der Waals surface area (Å²) in [5.74, 6) is 0.737. The summed E-state index contributed by atoms with van der Waals surface area (Å²) in [5.41, 5.74) is 1.97. The number of anilines is 1. The number of halogens is 2. The van der Waals surface area contributed by atoms with E-state index in [4.69, 9.17) is 20.8 Å². The Bertz CT molecular complexity index is 1030. The molecule has 2 atom stereocenters. The van der Waals surface area contributed by atoms with Gasteiger partial charge in [-0.1, -0.05) is 50.6 Å². The second-order valence-electron chi connectivity index (χ2n) is 10.6. The number of carboxylic acid groups (broad SMARTS) is 1. The number of nitrogens with zero attached hydrogens (tertiary/aromatic N) is 2. The highest BCUT2D eigenvalue weighted by molar-refractivity contribution is 9.10. The molecule has 0 aliphatic carbocycles. The number of amides is 1. The summed E-state index contributed by atoms with van der Waals surface area (Å²) in [7, 11) is -2.09. The monoisotopic (exact) mass is 582 g/mol. The molecule has 1 amide bonds. The van der Waals surface area contributed by atoms with Crippen LogP contribution in [-0.4, -0.2) is 56.7 Å². The van der Waals surface area contributed by atoms with E-state index in [0.717, 1.165) is 21.5 Å². The molecule has 0 radical (unpaired) electrons. The predicted molar refractivity (Wildman–Crippen MR) is 149 cm³/mol. The molecular formula is C26H36BrClN2O4Si. The maximum absolute atomic E-state index is 11.5. The van der Waals surface area contributed by atoms with Crippen LogP contribution in [0.3, 0.4) is 0 Å². The van der Waals surface area contributed by atoms with E-state index in [-0.39, 0.29) is 17.2 Å². The van der Waals surface area contributed by atoms with Gasteiger partial charge < -0.3 is 24.1 Å². The van der Waals surface area contributed by atoms with Gasteiger partial charge in [0.15, 0.2) is 14.1 Å². The second kappa shape index (κ2) is 11.1. The van der Waals surface area contributed by atoms with Crippen molar-refractivity contribution in [3.63, 3.8) is 0 Å². The standard InChI is InChI=1S/C26H36BrClN2O4Si/c1-18-16-29(14-15-30(18)25(31)32)22-9-7-8-21(27)24(22)33-17-23(19-10-12-20(28)13-11-19)34-35(5,6)26(2,3)4/h7-13,18,23H,14-17H2,1-6H3,(H,31,32)/t18-,23?/m0/s1. The fourth-order valence-corrected chi connectivity index (χ4v) is 5.78. The molecule has 6 nitrogen and oxygen atoms in total. The van der Waals surface area contributed by atoms with Gasteiger partial charge in [0.1, 0.15) is 12.7 Å². The Morgan fingerprint density at radius 3 is 2.43 bits per heavy atom. The van der Waals surface area contributed by atoms with E-state index in [2.05, 4.69) is 54.7 Å². The van der Waals surface area contributed by atoms with Gasteiger partial charge in [-0.3, -0.25) is 0 Å². The summed E-state index contributed by atoms with van der Waals surface area (Å²) in [6.07, 6.45) is -1.13. The van der Waals surface area contributed by atoms with E-state index < -0.39 is 14.4 Å². The first-order chi connectivity index (χ1) is 16.3. The molecule has 1 N–H and O–H groups in total. The van der Waals surface area contributed by atoms with Gasteiger partial charge in [0.25, 0.3) is 0 Å². The van der Waals surface area contributed by atoms with Crippen LogP contribution in [0, 0.1) is 0 Å². The molecule has 3 rings (SSSR count). The third-order valence-corrected chi connectivity index (χ3v) is 12.4. The Morgan fingerprint density at radius 2 is 1.86 bits per heavy atom. The van der Waals surface area contributed by atoms with Crippen LogP contribution in [-0.2, 0) is 4.43 Å². The van der Waals surface area contributed by atoms with Gasteiger partial charge in [-0.15, -0.1) is 0 Å². The lowest BCUT2D eigenvalue weighted by Gasteiger charge is -2.40. The number of hydrogen-bond acceptors (Lipinski definition) is 4. The molecule has 2 aromatic carbocycles. The molecule has 0 spiro atoms.